The van der Waals surface area contributed by atoms with Crippen LogP contribution in [0.1, 0.15) is 17.0 Å². The number of hydrogen-bond donors (Lipinski definition) is 1. The van der Waals surface area contributed by atoms with Gasteiger partial charge in [0, 0.05) is 12.5 Å². The Morgan fingerprint density at radius 3 is 2.19 bits per heavy atom. The zero-order valence-corrected chi connectivity index (χ0v) is 12.8. The zero-order chi connectivity index (χ0) is 14.9. The molecule has 0 heterocycles. The molecular formula is C17H15Cl2NO. The molecule has 1 aliphatic rings. The van der Waals surface area contributed by atoms with Crippen molar-refractivity contribution in [3.05, 3.63) is 71.8 Å². The monoisotopic (exact) mass is 319 g/mol. The van der Waals surface area contributed by atoms with E-state index < -0.39 is 10.3 Å². The Morgan fingerprint density at radius 2 is 1.57 bits per heavy atom. The van der Waals surface area contributed by atoms with Crippen molar-refractivity contribution in [3.8, 4) is 0 Å². The summed E-state index contributed by atoms with van der Waals surface area (Å²) < 4.78 is -1.01. The van der Waals surface area contributed by atoms with E-state index in [-0.39, 0.29) is 11.8 Å². The molecule has 3 rings (SSSR count). The molecule has 0 radical (unpaired) electrons. The van der Waals surface area contributed by atoms with Crippen molar-refractivity contribution in [3.63, 3.8) is 0 Å². The van der Waals surface area contributed by atoms with Crippen molar-refractivity contribution in [2.75, 3.05) is 0 Å². The molecule has 1 aliphatic carbocycles. The molecule has 0 aliphatic heterocycles. The van der Waals surface area contributed by atoms with E-state index in [2.05, 4.69) is 5.32 Å². The second-order valence-electron chi connectivity index (χ2n) is 5.24. The van der Waals surface area contributed by atoms with E-state index in [9.17, 15) is 4.79 Å². The first-order chi connectivity index (χ1) is 10.1. The van der Waals surface area contributed by atoms with Gasteiger partial charge in [0.05, 0.1) is 5.92 Å². The molecule has 0 spiro atoms. The van der Waals surface area contributed by atoms with E-state index in [0.29, 0.717) is 6.54 Å². The van der Waals surface area contributed by atoms with E-state index >= 15 is 0 Å². The lowest BCUT2D eigenvalue weighted by Crippen LogP contribution is -2.26. The minimum atomic E-state index is -1.01. The molecule has 2 aromatic rings. The molecule has 2 atom stereocenters. The number of alkyl halides is 2. The zero-order valence-electron chi connectivity index (χ0n) is 11.3. The molecule has 1 N–H and O–H groups in total. The third-order valence-electron chi connectivity index (χ3n) is 3.80. The molecular weight excluding hydrogens is 305 g/mol. The fourth-order valence-electron chi connectivity index (χ4n) is 2.62. The first-order valence-corrected chi connectivity index (χ1v) is 7.60. The summed E-state index contributed by atoms with van der Waals surface area (Å²) in [5, 5.41) is 2.91. The standard InChI is InChI=1S/C17H15Cl2NO/c18-17(19)14(13-9-5-2-6-10-13)15(17)16(21)20-11-12-7-3-1-4-8-12/h1-10,14-15H,11H2,(H,20,21)/t14-,15+/m1/s1. The molecule has 1 saturated carbocycles. The predicted octanol–water partition coefficient (Wildman–Crippen LogP) is 3.89. The Hall–Kier alpha value is -1.51. The number of halogens is 2. The van der Waals surface area contributed by atoms with E-state index in [0.717, 1.165) is 11.1 Å². The predicted molar refractivity (Wildman–Crippen MR) is 85.4 cm³/mol. The number of nitrogens with one attached hydrogen (secondary N) is 1. The lowest BCUT2D eigenvalue weighted by Gasteiger charge is -2.05. The molecule has 1 amide bonds. The average molecular weight is 320 g/mol. The molecule has 21 heavy (non-hydrogen) atoms. The van der Waals surface area contributed by atoms with Gasteiger partial charge in [0.1, 0.15) is 4.33 Å². The maximum Gasteiger partial charge on any atom is 0.227 e. The fourth-order valence-corrected chi connectivity index (χ4v) is 3.45. The van der Waals surface area contributed by atoms with Crippen LogP contribution in [0.4, 0.5) is 0 Å². The molecule has 108 valence electrons. The number of hydrogen-bond acceptors (Lipinski definition) is 1. The van der Waals surface area contributed by atoms with Gasteiger partial charge in [0.2, 0.25) is 5.91 Å². The Kier molecular flexibility index (Phi) is 3.92. The molecule has 2 nitrogen and oxygen atoms in total. The Balaban J connectivity index is 1.66. The molecule has 1 fully saturated rings. The van der Waals surface area contributed by atoms with Gasteiger partial charge in [-0.1, -0.05) is 60.7 Å². The molecule has 0 bridgehead atoms. The quantitative estimate of drug-likeness (QED) is 0.851. The van der Waals surface area contributed by atoms with E-state index in [4.69, 9.17) is 23.2 Å². The fraction of sp³-hybridized carbons (Fsp3) is 0.235. The first-order valence-electron chi connectivity index (χ1n) is 6.85. The molecule has 0 saturated heterocycles. The largest absolute Gasteiger partial charge is 0.352 e. The van der Waals surface area contributed by atoms with Crippen LogP contribution in [0.3, 0.4) is 0 Å². The number of benzene rings is 2. The van der Waals surface area contributed by atoms with Crippen LogP contribution in [0.15, 0.2) is 60.7 Å². The van der Waals surface area contributed by atoms with Crippen LogP contribution in [-0.4, -0.2) is 10.2 Å². The smallest absolute Gasteiger partial charge is 0.227 e. The number of amides is 1. The van der Waals surface area contributed by atoms with Gasteiger partial charge in [-0.2, -0.15) is 0 Å². The van der Waals surface area contributed by atoms with Gasteiger partial charge in [-0.3, -0.25) is 4.79 Å². The van der Waals surface area contributed by atoms with Crippen molar-refractivity contribution in [1.29, 1.82) is 0 Å². The maximum absolute atomic E-state index is 12.3. The third-order valence-corrected chi connectivity index (χ3v) is 4.74. The first kappa shape index (κ1) is 14.4. The number of carbonyl (C=O) groups excluding carboxylic acids is 1. The Bertz CT molecular complexity index is 628. The minimum Gasteiger partial charge on any atom is -0.352 e. The van der Waals surface area contributed by atoms with E-state index in [1.165, 1.54) is 0 Å². The van der Waals surface area contributed by atoms with Crippen molar-refractivity contribution in [2.24, 2.45) is 5.92 Å². The SMILES string of the molecule is O=C(NCc1ccccc1)[C@@H]1[C@@H](c2ccccc2)C1(Cl)Cl. The third kappa shape index (κ3) is 2.92. The Morgan fingerprint density at radius 1 is 1.00 bits per heavy atom. The van der Waals surface area contributed by atoms with Crippen LogP contribution in [-0.2, 0) is 11.3 Å². The molecule has 2 aromatic carbocycles. The van der Waals surface area contributed by atoms with Crippen LogP contribution in [0.2, 0.25) is 0 Å². The lowest BCUT2D eigenvalue weighted by atomic mass is 10.1. The average Bonchev–Trinajstić information content (AvgIpc) is 3.09. The molecule has 0 aromatic heterocycles. The number of carbonyl (C=O) groups is 1. The highest BCUT2D eigenvalue weighted by Gasteiger charge is 2.67. The van der Waals surface area contributed by atoms with Crippen LogP contribution in [0, 0.1) is 5.92 Å². The van der Waals surface area contributed by atoms with Gasteiger partial charge in [0.25, 0.3) is 0 Å². The Labute approximate surface area is 134 Å². The van der Waals surface area contributed by atoms with Crippen LogP contribution < -0.4 is 5.32 Å². The number of rotatable bonds is 4. The van der Waals surface area contributed by atoms with Gasteiger partial charge >= 0.3 is 0 Å². The summed E-state index contributed by atoms with van der Waals surface area (Å²) in [5.41, 5.74) is 2.06. The van der Waals surface area contributed by atoms with Crippen LogP contribution in [0.5, 0.6) is 0 Å². The molecule has 4 heteroatoms. The highest BCUT2D eigenvalue weighted by Crippen LogP contribution is 2.64. The normalized spacial score (nSPS) is 22.6. The van der Waals surface area contributed by atoms with Crippen LogP contribution >= 0.6 is 23.2 Å². The summed E-state index contributed by atoms with van der Waals surface area (Å²) in [6.45, 7) is 0.488. The highest BCUT2D eigenvalue weighted by molar-refractivity contribution is 6.53. The van der Waals surface area contributed by atoms with Crippen molar-refractivity contribution < 1.29 is 4.79 Å². The maximum atomic E-state index is 12.3. The summed E-state index contributed by atoms with van der Waals surface area (Å²) in [5.74, 6) is -0.637. The summed E-state index contributed by atoms with van der Waals surface area (Å²) in [6.07, 6.45) is 0. The molecule has 0 unspecified atom stereocenters. The van der Waals surface area contributed by atoms with Gasteiger partial charge in [0.15, 0.2) is 0 Å². The lowest BCUT2D eigenvalue weighted by molar-refractivity contribution is -0.122. The van der Waals surface area contributed by atoms with Crippen LogP contribution in [0.25, 0.3) is 0 Å². The summed E-state index contributed by atoms with van der Waals surface area (Å²) in [4.78, 5) is 12.3. The topological polar surface area (TPSA) is 29.1 Å². The van der Waals surface area contributed by atoms with Gasteiger partial charge in [-0.05, 0) is 11.1 Å². The highest BCUT2D eigenvalue weighted by atomic mass is 35.5. The second kappa shape index (κ2) is 5.70. The summed E-state index contributed by atoms with van der Waals surface area (Å²) in [7, 11) is 0. The van der Waals surface area contributed by atoms with Gasteiger partial charge in [-0.25, -0.2) is 0 Å². The second-order valence-corrected chi connectivity index (χ2v) is 6.69. The van der Waals surface area contributed by atoms with Gasteiger partial charge in [-0.15, -0.1) is 23.2 Å². The van der Waals surface area contributed by atoms with Crippen molar-refractivity contribution in [2.45, 2.75) is 16.8 Å². The van der Waals surface area contributed by atoms with E-state index in [1.807, 2.05) is 60.7 Å². The summed E-state index contributed by atoms with van der Waals surface area (Å²) in [6, 6.07) is 19.5. The minimum absolute atomic E-state index is 0.0993. The van der Waals surface area contributed by atoms with Gasteiger partial charge < -0.3 is 5.32 Å². The summed E-state index contributed by atoms with van der Waals surface area (Å²) >= 11 is 12.6. The van der Waals surface area contributed by atoms with E-state index in [1.54, 1.807) is 0 Å². The van der Waals surface area contributed by atoms with Crippen molar-refractivity contribution in [1.82, 2.24) is 5.32 Å². The van der Waals surface area contributed by atoms with Crippen molar-refractivity contribution >= 4 is 29.1 Å².